The summed E-state index contributed by atoms with van der Waals surface area (Å²) in [5.41, 5.74) is -2.04. The average Bonchev–Trinajstić information content (AvgIpc) is 3.75. The van der Waals surface area contributed by atoms with Crippen LogP contribution in [0.5, 0.6) is 5.75 Å². The molecule has 4 rings (SSSR count). The van der Waals surface area contributed by atoms with Crippen LogP contribution in [0.4, 0.5) is 13.2 Å². The van der Waals surface area contributed by atoms with Crippen molar-refractivity contribution in [2.24, 2.45) is 11.3 Å². The van der Waals surface area contributed by atoms with E-state index in [9.17, 15) is 46.7 Å². The number of alkyl halides is 3. The lowest BCUT2D eigenvalue weighted by atomic mass is 9.72. The van der Waals surface area contributed by atoms with Gasteiger partial charge in [-0.15, -0.1) is 0 Å². The third kappa shape index (κ3) is 12.2. The zero-order chi connectivity index (χ0) is 47.7. The van der Waals surface area contributed by atoms with E-state index in [1.165, 1.54) is 42.8 Å². The summed E-state index contributed by atoms with van der Waals surface area (Å²) < 4.78 is 49.1. The Morgan fingerprint density at radius 1 is 0.922 bits per heavy atom. The molecule has 0 bridgehead atoms. The molecule has 2 saturated heterocycles. The molecule has 0 spiro atoms. The van der Waals surface area contributed by atoms with E-state index in [-0.39, 0.29) is 82.7 Å². The number of hydrogen-bond donors (Lipinski definition) is 3. The van der Waals surface area contributed by atoms with Gasteiger partial charge in [0.15, 0.2) is 0 Å². The summed E-state index contributed by atoms with van der Waals surface area (Å²) in [5.74, 6) is -4.49. The summed E-state index contributed by atoms with van der Waals surface area (Å²) in [6, 6.07) is -2.01. The Hall–Kier alpha value is -4.61. The van der Waals surface area contributed by atoms with E-state index in [4.69, 9.17) is 16.3 Å². The van der Waals surface area contributed by atoms with Crippen LogP contribution < -0.4 is 20.7 Å². The zero-order valence-electron chi connectivity index (χ0n) is 38.4. The van der Waals surface area contributed by atoms with Crippen LogP contribution in [0.25, 0.3) is 0 Å². The van der Waals surface area contributed by atoms with Crippen LogP contribution in [0.15, 0.2) is 18.2 Å². The summed E-state index contributed by atoms with van der Waals surface area (Å²) >= 11 is 6.34. The Labute approximate surface area is 379 Å². The largest absolute Gasteiger partial charge is 0.496 e. The van der Waals surface area contributed by atoms with Crippen molar-refractivity contribution in [1.82, 2.24) is 35.6 Å². The van der Waals surface area contributed by atoms with Crippen LogP contribution in [0, 0.1) is 11.3 Å². The number of ether oxygens (including phenoxy) is 1. The van der Waals surface area contributed by atoms with E-state index in [2.05, 4.69) is 16.0 Å². The Morgan fingerprint density at radius 3 is 2.19 bits per heavy atom. The van der Waals surface area contributed by atoms with Crippen molar-refractivity contribution in [2.75, 3.05) is 41.3 Å². The summed E-state index contributed by atoms with van der Waals surface area (Å²) in [7, 11) is 5.89. The number of amides is 7. The molecule has 1 aliphatic carbocycles. The van der Waals surface area contributed by atoms with Gasteiger partial charge in [0.2, 0.25) is 41.4 Å². The molecule has 7 amide bonds. The van der Waals surface area contributed by atoms with Gasteiger partial charge in [0.1, 0.15) is 47.4 Å². The van der Waals surface area contributed by atoms with Gasteiger partial charge in [-0.3, -0.25) is 33.6 Å². The second-order valence-electron chi connectivity index (χ2n) is 18.0. The average molecular weight is 927 g/mol. The fourth-order valence-corrected chi connectivity index (χ4v) is 9.41. The molecule has 19 heteroatoms. The van der Waals surface area contributed by atoms with Crippen LogP contribution in [0.3, 0.4) is 0 Å². The highest BCUT2D eigenvalue weighted by Gasteiger charge is 2.62. The van der Waals surface area contributed by atoms with Gasteiger partial charge in [0.25, 0.3) is 0 Å². The highest BCUT2D eigenvalue weighted by atomic mass is 35.5. The van der Waals surface area contributed by atoms with Crippen molar-refractivity contribution >= 4 is 53.0 Å². The molecule has 1 saturated carbocycles. The molecule has 1 aromatic rings. The van der Waals surface area contributed by atoms with E-state index >= 15 is 0 Å². The van der Waals surface area contributed by atoms with Crippen LogP contribution in [-0.2, 0) is 40.0 Å². The molecule has 6 atom stereocenters. The number of benzene rings is 1. The fraction of sp³-hybridized carbons (Fsp3) is 0.711. The predicted molar refractivity (Wildman–Crippen MR) is 234 cm³/mol. The number of carbonyl (C=O) groups excluding carboxylic acids is 7. The van der Waals surface area contributed by atoms with Gasteiger partial charge in [0.05, 0.1) is 7.11 Å². The van der Waals surface area contributed by atoms with Gasteiger partial charge in [-0.1, -0.05) is 51.6 Å². The third-order valence-corrected chi connectivity index (χ3v) is 13.3. The molecule has 1 aromatic carbocycles. The van der Waals surface area contributed by atoms with Gasteiger partial charge in [0, 0.05) is 45.7 Å². The van der Waals surface area contributed by atoms with Gasteiger partial charge in [-0.25, -0.2) is 0 Å². The number of halogens is 4. The van der Waals surface area contributed by atoms with E-state index in [0.717, 1.165) is 4.90 Å². The zero-order valence-corrected chi connectivity index (χ0v) is 39.2. The number of nitrogens with zero attached hydrogens (tertiary/aromatic N) is 4. The lowest BCUT2D eigenvalue weighted by Crippen LogP contribution is -2.60. The monoisotopic (exact) mass is 925 g/mol. The number of hydrogen-bond acceptors (Lipinski definition) is 8. The number of carbonyl (C=O) groups is 7. The van der Waals surface area contributed by atoms with Crippen molar-refractivity contribution in [2.45, 2.75) is 154 Å². The van der Waals surface area contributed by atoms with Crippen molar-refractivity contribution < 1.29 is 51.5 Å². The quantitative estimate of drug-likeness (QED) is 0.288. The third-order valence-electron chi connectivity index (χ3n) is 13.0. The lowest BCUT2D eigenvalue weighted by Gasteiger charge is -2.41. The normalized spacial score (nSPS) is 24.8. The Balaban J connectivity index is 1.62. The van der Waals surface area contributed by atoms with Gasteiger partial charge >= 0.3 is 6.18 Å². The Bertz CT molecular complexity index is 1860. The predicted octanol–water partition coefficient (Wildman–Crippen LogP) is 4.62. The highest BCUT2D eigenvalue weighted by Crippen LogP contribution is 2.51. The number of nitrogens with one attached hydrogen (secondary N) is 3. The SMILES string of the molecule is CC[C@H]1NC(=O)[C@H](Cc2cc(Cl)ccc2OC)N(C)C(=O)[C@H](CC(C)C)NC(=O)[C@@H](N(C)C(=O)[C@H](C)NC(=O)[C@@H]2CCCN2C(=O)C2(C(F)(F)F)CCCCC2)CCCCN(C)C1=O. The Kier molecular flexibility index (Phi) is 18.3. The van der Waals surface area contributed by atoms with E-state index in [1.54, 1.807) is 32.2 Å². The molecule has 0 unspecified atom stereocenters. The molecule has 2 heterocycles. The molecule has 0 radical (unpaired) electrons. The molecular weight excluding hydrogens is 859 g/mol. The first kappa shape index (κ1) is 52.0. The van der Waals surface area contributed by atoms with E-state index in [0.29, 0.717) is 42.0 Å². The van der Waals surface area contributed by atoms with Crippen molar-refractivity contribution in [3.8, 4) is 5.75 Å². The number of rotatable bonds is 11. The van der Waals surface area contributed by atoms with Crippen LogP contribution >= 0.6 is 11.6 Å². The van der Waals surface area contributed by atoms with Crippen molar-refractivity contribution in [1.29, 1.82) is 0 Å². The first-order valence-electron chi connectivity index (χ1n) is 22.5. The van der Waals surface area contributed by atoms with Crippen molar-refractivity contribution in [3.63, 3.8) is 0 Å². The van der Waals surface area contributed by atoms with Gasteiger partial charge < -0.3 is 40.3 Å². The van der Waals surface area contributed by atoms with Crippen LogP contribution in [-0.4, -0.2) is 145 Å². The smallest absolute Gasteiger partial charge is 0.403 e. The second kappa shape index (κ2) is 22.5. The Morgan fingerprint density at radius 2 is 1.58 bits per heavy atom. The van der Waals surface area contributed by atoms with E-state index < -0.39 is 83.3 Å². The van der Waals surface area contributed by atoms with Crippen molar-refractivity contribution in [3.05, 3.63) is 28.8 Å². The molecular formula is C45H67ClF3N7O8. The molecule has 358 valence electrons. The molecule has 2 aliphatic heterocycles. The summed E-state index contributed by atoms with van der Waals surface area (Å²) in [6.07, 6.45) is -2.73. The summed E-state index contributed by atoms with van der Waals surface area (Å²) in [5, 5.41) is 8.69. The maximum absolute atomic E-state index is 14.6. The molecule has 15 nitrogen and oxygen atoms in total. The molecule has 3 aliphatic rings. The van der Waals surface area contributed by atoms with Crippen LogP contribution in [0.2, 0.25) is 5.02 Å². The standard InChI is InChI=1S/C45H67ClF3N7O8/c1-9-31-41(61)53(5)22-14-11-16-33(37(57)52-32(24-27(2)3)42(62)55(7)35(39(59)51-31)26-29-25-30(46)18-19-36(29)64-8)54(6)40(60)28(4)50-38(58)34-17-15-23-56(34)43(63)44(45(47,48)49)20-12-10-13-21-44/h18-19,25,27-28,31-35H,9-17,20-24,26H2,1-8H3,(H,50,58)(H,51,59)(H,52,57)/t28-,31+,32-,33-,34-,35-/m0/s1. The molecule has 3 fully saturated rings. The van der Waals surface area contributed by atoms with Gasteiger partial charge in [-0.05, 0) is 94.4 Å². The minimum Gasteiger partial charge on any atom is -0.496 e. The molecule has 3 N–H and O–H groups in total. The lowest BCUT2D eigenvalue weighted by molar-refractivity contribution is -0.236. The summed E-state index contributed by atoms with van der Waals surface area (Å²) in [4.78, 5) is 103. The highest BCUT2D eigenvalue weighted by molar-refractivity contribution is 6.30. The molecule has 0 aromatic heterocycles. The van der Waals surface area contributed by atoms with Crippen LogP contribution in [0.1, 0.15) is 110 Å². The number of methoxy groups -OCH3 is 1. The first-order chi connectivity index (χ1) is 30.1. The van der Waals surface area contributed by atoms with Gasteiger partial charge in [-0.2, -0.15) is 13.2 Å². The summed E-state index contributed by atoms with van der Waals surface area (Å²) in [6.45, 7) is 7.12. The number of likely N-dealkylation sites (tertiary alicyclic amines) is 1. The fourth-order valence-electron chi connectivity index (χ4n) is 9.21. The first-order valence-corrected chi connectivity index (χ1v) is 22.9. The van der Waals surface area contributed by atoms with E-state index in [1.807, 2.05) is 13.8 Å². The number of likely N-dealkylation sites (N-methyl/N-ethyl adjacent to an activating group) is 3. The minimum absolute atomic E-state index is 0.0230. The molecule has 64 heavy (non-hydrogen) atoms. The second-order valence-corrected chi connectivity index (χ2v) is 18.5. The topological polar surface area (TPSA) is 178 Å². The maximum atomic E-state index is 14.6. The maximum Gasteiger partial charge on any atom is 0.403 e. The minimum atomic E-state index is -4.79.